The molecule has 124 valence electrons. The van der Waals surface area contributed by atoms with E-state index in [9.17, 15) is 4.79 Å². The van der Waals surface area contributed by atoms with Gasteiger partial charge in [0, 0.05) is 6.08 Å². The number of allylic oxidation sites excluding steroid dienone is 5. The van der Waals surface area contributed by atoms with Gasteiger partial charge >= 0.3 is 5.97 Å². The van der Waals surface area contributed by atoms with E-state index in [2.05, 4.69) is 19.1 Å². The molecule has 2 heteroatoms. The lowest BCUT2D eigenvalue weighted by molar-refractivity contribution is -0.131. The standard InChI is InChI=1S/C20H32O2/c1-2-3-4-5-6-9-13-18-15-12-16-19(18)14-10-7-8-11-17-20(21)22/h7-8,10-11,14,17-19H,2-6,9,12-13,15-16H2,1H3,(H,21,22)/b8-7+,14-10?,17-11+/t18-,19-/m0/s1. The Bertz CT molecular complexity index is 379. The Labute approximate surface area is 136 Å². The molecule has 0 saturated heterocycles. The number of rotatable bonds is 11. The van der Waals surface area contributed by atoms with Crippen LogP contribution in [0.5, 0.6) is 0 Å². The zero-order chi connectivity index (χ0) is 16.0. The fourth-order valence-electron chi connectivity index (χ4n) is 3.34. The molecule has 0 bridgehead atoms. The van der Waals surface area contributed by atoms with Crippen molar-refractivity contribution in [3.63, 3.8) is 0 Å². The van der Waals surface area contributed by atoms with Gasteiger partial charge in [0.25, 0.3) is 0 Å². The van der Waals surface area contributed by atoms with E-state index >= 15 is 0 Å². The molecule has 2 atom stereocenters. The maximum atomic E-state index is 10.3. The summed E-state index contributed by atoms with van der Waals surface area (Å²) < 4.78 is 0. The molecule has 2 nitrogen and oxygen atoms in total. The number of carboxylic acid groups (broad SMARTS) is 1. The first-order valence-electron chi connectivity index (χ1n) is 8.98. The Morgan fingerprint density at radius 2 is 1.73 bits per heavy atom. The Kier molecular flexibility index (Phi) is 10.4. The largest absolute Gasteiger partial charge is 0.478 e. The summed E-state index contributed by atoms with van der Waals surface area (Å²) in [4.78, 5) is 10.3. The number of aliphatic carboxylic acids is 1. The highest BCUT2D eigenvalue weighted by molar-refractivity contribution is 5.80. The van der Waals surface area contributed by atoms with Crippen LogP contribution in [0.4, 0.5) is 0 Å². The molecule has 1 N–H and O–H groups in total. The van der Waals surface area contributed by atoms with Crippen molar-refractivity contribution in [2.45, 2.75) is 71.1 Å². The summed E-state index contributed by atoms with van der Waals surface area (Å²) in [5.41, 5.74) is 0. The van der Waals surface area contributed by atoms with Crippen LogP contribution in [-0.4, -0.2) is 11.1 Å². The fourth-order valence-corrected chi connectivity index (χ4v) is 3.34. The highest BCUT2D eigenvalue weighted by atomic mass is 16.4. The summed E-state index contributed by atoms with van der Waals surface area (Å²) in [5, 5.41) is 8.49. The summed E-state index contributed by atoms with van der Waals surface area (Å²) >= 11 is 0. The highest BCUT2D eigenvalue weighted by Crippen LogP contribution is 2.36. The molecule has 0 aromatic heterocycles. The topological polar surface area (TPSA) is 37.3 Å². The number of carboxylic acids is 1. The molecule has 1 saturated carbocycles. The first kappa shape index (κ1) is 18.7. The van der Waals surface area contributed by atoms with Gasteiger partial charge in [-0.15, -0.1) is 0 Å². The number of carbonyl (C=O) groups is 1. The molecule has 0 aliphatic heterocycles. The van der Waals surface area contributed by atoms with Crippen molar-refractivity contribution in [1.82, 2.24) is 0 Å². The lowest BCUT2D eigenvalue weighted by atomic mass is 9.90. The highest BCUT2D eigenvalue weighted by Gasteiger charge is 2.24. The average Bonchev–Trinajstić information content (AvgIpc) is 2.93. The van der Waals surface area contributed by atoms with Crippen molar-refractivity contribution in [1.29, 1.82) is 0 Å². The van der Waals surface area contributed by atoms with Crippen LogP contribution in [0.25, 0.3) is 0 Å². The molecule has 0 spiro atoms. The van der Waals surface area contributed by atoms with E-state index in [1.165, 1.54) is 64.2 Å². The van der Waals surface area contributed by atoms with Gasteiger partial charge in [-0.1, -0.05) is 82.2 Å². The normalized spacial score (nSPS) is 22.4. The summed E-state index contributed by atoms with van der Waals surface area (Å²) in [6.45, 7) is 2.27. The molecule has 0 aromatic carbocycles. The van der Waals surface area contributed by atoms with E-state index in [4.69, 9.17) is 5.11 Å². The lowest BCUT2D eigenvalue weighted by Gasteiger charge is -2.15. The Balaban J connectivity index is 2.20. The van der Waals surface area contributed by atoms with Gasteiger partial charge in [0.2, 0.25) is 0 Å². The molecular formula is C20H32O2. The second kappa shape index (κ2) is 12.3. The van der Waals surface area contributed by atoms with Gasteiger partial charge in [-0.2, -0.15) is 0 Å². The molecule has 0 amide bonds. The van der Waals surface area contributed by atoms with Crippen LogP contribution < -0.4 is 0 Å². The van der Waals surface area contributed by atoms with E-state index in [0.717, 1.165) is 17.9 Å². The molecule has 0 radical (unpaired) electrons. The summed E-state index contributed by atoms with van der Waals surface area (Å²) in [6.07, 6.45) is 24.6. The maximum Gasteiger partial charge on any atom is 0.328 e. The van der Waals surface area contributed by atoms with Crippen LogP contribution in [0.15, 0.2) is 36.5 Å². The monoisotopic (exact) mass is 304 g/mol. The molecule has 0 heterocycles. The maximum absolute atomic E-state index is 10.3. The lowest BCUT2D eigenvalue weighted by Crippen LogP contribution is -2.04. The van der Waals surface area contributed by atoms with Crippen molar-refractivity contribution in [3.8, 4) is 0 Å². The predicted octanol–water partition coefficient (Wildman–Crippen LogP) is 5.91. The summed E-state index contributed by atoms with van der Waals surface area (Å²) in [5.74, 6) is 0.692. The molecule has 1 aliphatic rings. The van der Waals surface area contributed by atoms with Crippen LogP contribution in [-0.2, 0) is 4.79 Å². The second-order valence-corrected chi connectivity index (χ2v) is 6.38. The zero-order valence-corrected chi connectivity index (χ0v) is 14.0. The van der Waals surface area contributed by atoms with Crippen molar-refractivity contribution < 1.29 is 9.90 Å². The van der Waals surface area contributed by atoms with E-state index in [1.807, 2.05) is 6.08 Å². The van der Waals surface area contributed by atoms with Crippen LogP contribution in [0.2, 0.25) is 0 Å². The van der Waals surface area contributed by atoms with E-state index in [1.54, 1.807) is 12.2 Å². The van der Waals surface area contributed by atoms with Gasteiger partial charge in [0.1, 0.15) is 0 Å². The van der Waals surface area contributed by atoms with E-state index in [-0.39, 0.29) is 0 Å². The first-order chi connectivity index (χ1) is 10.7. The molecule has 0 unspecified atom stereocenters. The smallest absolute Gasteiger partial charge is 0.328 e. The van der Waals surface area contributed by atoms with E-state index in [0.29, 0.717) is 0 Å². The Morgan fingerprint density at radius 3 is 2.50 bits per heavy atom. The Hall–Kier alpha value is -1.31. The second-order valence-electron chi connectivity index (χ2n) is 6.38. The van der Waals surface area contributed by atoms with Gasteiger partial charge in [0.05, 0.1) is 0 Å². The van der Waals surface area contributed by atoms with Gasteiger partial charge in [-0.25, -0.2) is 4.79 Å². The van der Waals surface area contributed by atoms with Crippen LogP contribution in [0.3, 0.4) is 0 Å². The van der Waals surface area contributed by atoms with Crippen molar-refractivity contribution in [3.05, 3.63) is 36.5 Å². The molecule has 1 rings (SSSR count). The van der Waals surface area contributed by atoms with Crippen molar-refractivity contribution in [2.24, 2.45) is 11.8 Å². The zero-order valence-electron chi connectivity index (χ0n) is 14.0. The summed E-state index contributed by atoms with van der Waals surface area (Å²) in [7, 11) is 0. The van der Waals surface area contributed by atoms with Gasteiger partial charge in [-0.3, -0.25) is 0 Å². The van der Waals surface area contributed by atoms with Crippen LogP contribution in [0.1, 0.15) is 71.1 Å². The van der Waals surface area contributed by atoms with Crippen LogP contribution >= 0.6 is 0 Å². The first-order valence-corrected chi connectivity index (χ1v) is 8.98. The number of hydrogen-bond donors (Lipinski definition) is 1. The number of hydrogen-bond acceptors (Lipinski definition) is 1. The molecule has 1 fully saturated rings. The third-order valence-electron chi connectivity index (χ3n) is 4.58. The third-order valence-corrected chi connectivity index (χ3v) is 4.58. The minimum absolute atomic E-state index is 0.726. The molecule has 22 heavy (non-hydrogen) atoms. The molecule has 1 aliphatic carbocycles. The molecule has 0 aromatic rings. The molecular weight excluding hydrogens is 272 g/mol. The van der Waals surface area contributed by atoms with Gasteiger partial charge in [-0.05, 0) is 31.1 Å². The van der Waals surface area contributed by atoms with Crippen molar-refractivity contribution >= 4 is 5.97 Å². The van der Waals surface area contributed by atoms with Gasteiger partial charge < -0.3 is 5.11 Å². The quantitative estimate of drug-likeness (QED) is 0.293. The average molecular weight is 304 g/mol. The minimum Gasteiger partial charge on any atom is -0.478 e. The van der Waals surface area contributed by atoms with Crippen LogP contribution in [0, 0.1) is 11.8 Å². The third kappa shape index (κ3) is 8.86. The number of unbranched alkanes of at least 4 members (excludes halogenated alkanes) is 5. The minimum atomic E-state index is -0.900. The summed E-state index contributed by atoms with van der Waals surface area (Å²) in [6, 6.07) is 0. The van der Waals surface area contributed by atoms with E-state index < -0.39 is 5.97 Å². The predicted molar refractivity (Wildman–Crippen MR) is 93.9 cm³/mol. The fraction of sp³-hybridized carbons (Fsp3) is 0.650. The Morgan fingerprint density at radius 1 is 1.00 bits per heavy atom. The van der Waals surface area contributed by atoms with Gasteiger partial charge in [0.15, 0.2) is 0 Å². The SMILES string of the molecule is CCCCCCCC[C@H]1CCC[C@@H]1C=C/C=C/C=C/C(=O)O. The van der Waals surface area contributed by atoms with Crippen molar-refractivity contribution in [2.75, 3.05) is 0 Å².